The van der Waals surface area contributed by atoms with Crippen LogP contribution < -0.4 is 5.32 Å². The number of benzene rings is 1. The predicted octanol–water partition coefficient (Wildman–Crippen LogP) is 2.99. The average Bonchev–Trinajstić information content (AvgIpc) is 3.15. The van der Waals surface area contributed by atoms with E-state index in [1.807, 2.05) is 29.9 Å². The van der Waals surface area contributed by atoms with Crippen molar-refractivity contribution in [2.45, 2.75) is 32.4 Å². The number of carbonyl (C=O) groups excluding carboxylic acids is 1. The van der Waals surface area contributed by atoms with Gasteiger partial charge < -0.3 is 5.32 Å². The van der Waals surface area contributed by atoms with Crippen molar-refractivity contribution in [1.82, 2.24) is 14.7 Å². The third-order valence-corrected chi connectivity index (χ3v) is 4.38. The Balaban J connectivity index is 1.67. The SMILES string of the molecule is CC(=O)Nc1ccn([C@@H]2CCN([C@H](C)c3ccccc3F)C2)n1. The van der Waals surface area contributed by atoms with E-state index in [0.717, 1.165) is 25.1 Å². The Labute approximate surface area is 135 Å². The minimum atomic E-state index is -0.157. The van der Waals surface area contributed by atoms with Crippen molar-refractivity contribution < 1.29 is 9.18 Å². The van der Waals surface area contributed by atoms with E-state index < -0.39 is 0 Å². The molecule has 1 saturated heterocycles. The Hall–Kier alpha value is -2.21. The topological polar surface area (TPSA) is 50.2 Å². The summed E-state index contributed by atoms with van der Waals surface area (Å²) in [6.07, 6.45) is 2.84. The number of nitrogens with zero attached hydrogens (tertiary/aromatic N) is 3. The molecule has 6 heteroatoms. The number of hydrogen-bond acceptors (Lipinski definition) is 3. The van der Waals surface area contributed by atoms with Gasteiger partial charge in [-0.2, -0.15) is 5.10 Å². The van der Waals surface area contributed by atoms with Gasteiger partial charge in [-0.15, -0.1) is 0 Å². The summed E-state index contributed by atoms with van der Waals surface area (Å²) in [5.41, 5.74) is 0.729. The lowest BCUT2D eigenvalue weighted by atomic mass is 10.1. The van der Waals surface area contributed by atoms with Crippen LogP contribution in [-0.2, 0) is 4.79 Å². The molecule has 1 aliphatic rings. The van der Waals surface area contributed by atoms with Gasteiger partial charge in [0.1, 0.15) is 5.82 Å². The Morgan fingerprint density at radius 1 is 1.39 bits per heavy atom. The Bertz CT molecular complexity index is 699. The summed E-state index contributed by atoms with van der Waals surface area (Å²) in [4.78, 5) is 13.3. The van der Waals surface area contributed by atoms with Crippen molar-refractivity contribution >= 4 is 11.7 Å². The van der Waals surface area contributed by atoms with Gasteiger partial charge in [-0.3, -0.25) is 14.4 Å². The number of nitrogens with one attached hydrogen (secondary N) is 1. The van der Waals surface area contributed by atoms with Crippen molar-refractivity contribution in [3.05, 3.63) is 47.9 Å². The minimum Gasteiger partial charge on any atom is -0.309 e. The summed E-state index contributed by atoms with van der Waals surface area (Å²) in [5.74, 6) is 0.282. The number of likely N-dealkylation sites (tertiary alicyclic amines) is 1. The molecule has 3 rings (SSSR count). The van der Waals surface area contributed by atoms with Gasteiger partial charge in [-0.25, -0.2) is 4.39 Å². The van der Waals surface area contributed by atoms with Gasteiger partial charge in [0.2, 0.25) is 5.91 Å². The van der Waals surface area contributed by atoms with Gasteiger partial charge in [-0.05, 0) is 19.4 Å². The molecule has 1 fully saturated rings. The summed E-state index contributed by atoms with van der Waals surface area (Å²) in [5, 5.41) is 7.08. The van der Waals surface area contributed by atoms with Crippen LogP contribution >= 0.6 is 0 Å². The van der Waals surface area contributed by atoms with Crippen molar-refractivity contribution in [2.75, 3.05) is 18.4 Å². The van der Waals surface area contributed by atoms with Crippen LogP contribution in [0.15, 0.2) is 36.5 Å². The largest absolute Gasteiger partial charge is 0.309 e. The molecule has 1 aliphatic heterocycles. The van der Waals surface area contributed by atoms with E-state index in [1.54, 1.807) is 12.1 Å². The molecule has 0 unspecified atom stereocenters. The molecule has 1 aromatic carbocycles. The highest BCUT2D eigenvalue weighted by Gasteiger charge is 2.29. The molecule has 0 spiro atoms. The first-order valence-electron chi connectivity index (χ1n) is 7.86. The highest BCUT2D eigenvalue weighted by atomic mass is 19.1. The van der Waals surface area contributed by atoms with Crippen molar-refractivity contribution in [1.29, 1.82) is 0 Å². The number of halogens is 1. The predicted molar refractivity (Wildman–Crippen MR) is 86.6 cm³/mol. The van der Waals surface area contributed by atoms with Crippen LogP contribution in [0.3, 0.4) is 0 Å². The number of rotatable bonds is 4. The van der Waals surface area contributed by atoms with Crippen LogP contribution in [0.5, 0.6) is 0 Å². The van der Waals surface area contributed by atoms with E-state index in [9.17, 15) is 9.18 Å². The van der Waals surface area contributed by atoms with Gasteiger partial charge in [-0.1, -0.05) is 18.2 Å². The van der Waals surface area contributed by atoms with E-state index in [2.05, 4.69) is 15.3 Å². The highest BCUT2D eigenvalue weighted by molar-refractivity contribution is 5.87. The van der Waals surface area contributed by atoms with Gasteiger partial charge in [0, 0.05) is 43.9 Å². The molecule has 0 saturated carbocycles. The van der Waals surface area contributed by atoms with Crippen LogP contribution in [0.25, 0.3) is 0 Å². The molecule has 1 aromatic heterocycles. The lowest BCUT2D eigenvalue weighted by Gasteiger charge is -2.25. The van der Waals surface area contributed by atoms with E-state index >= 15 is 0 Å². The normalized spacial score (nSPS) is 19.7. The van der Waals surface area contributed by atoms with Crippen LogP contribution in [0.2, 0.25) is 0 Å². The lowest BCUT2D eigenvalue weighted by Crippen LogP contribution is -2.26. The molecule has 1 N–H and O–H groups in total. The average molecular weight is 316 g/mol. The summed E-state index contributed by atoms with van der Waals surface area (Å²) in [6.45, 7) is 5.21. The summed E-state index contributed by atoms with van der Waals surface area (Å²) in [7, 11) is 0. The number of amides is 1. The van der Waals surface area contributed by atoms with Gasteiger partial charge in [0.05, 0.1) is 6.04 Å². The molecule has 122 valence electrons. The van der Waals surface area contributed by atoms with Crippen LogP contribution in [0.4, 0.5) is 10.2 Å². The molecule has 23 heavy (non-hydrogen) atoms. The summed E-state index contributed by atoms with van der Waals surface area (Å²) >= 11 is 0. The fraction of sp³-hybridized carbons (Fsp3) is 0.412. The zero-order chi connectivity index (χ0) is 16.4. The second-order valence-electron chi connectivity index (χ2n) is 6.00. The molecule has 0 bridgehead atoms. The quantitative estimate of drug-likeness (QED) is 0.943. The van der Waals surface area contributed by atoms with Crippen molar-refractivity contribution in [3.8, 4) is 0 Å². The molecular weight excluding hydrogens is 295 g/mol. The molecule has 2 heterocycles. The first-order valence-corrected chi connectivity index (χ1v) is 7.86. The van der Waals surface area contributed by atoms with Crippen molar-refractivity contribution in [2.24, 2.45) is 0 Å². The first kappa shape index (κ1) is 15.7. The Kier molecular flexibility index (Phi) is 4.43. The van der Waals surface area contributed by atoms with Gasteiger partial charge in [0.15, 0.2) is 5.82 Å². The minimum absolute atomic E-state index is 0.0339. The molecule has 5 nitrogen and oxygen atoms in total. The number of anilines is 1. The lowest BCUT2D eigenvalue weighted by molar-refractivity contribution is -0.114. The fourth-order valence-electron chi connectivity index (χ4n) is 3.13. The molecule has 0 aliphatic carbocycles. The van der Waals surface area contributed by atoms with Crippen LogP contribution in [0.1, 0.15) is 37.9 Å². The smallest absolute Gasteiger partial charge is 0.222 e. The Morgan fingerprint density at radius 2 is 2.17 bits per heavy atom. The maximum atomic E-state index is 14.0. The highest BCUT2D eigenvalue weighted by Crippen LogP contribution is 2.30. The number of carbonyl (C=O) groups is 1. The summed E-state index contributed by atoms with van der Waals surface area (Å²) in [6, 6.07) is 9.01. The number of hydrogen-bond donors (Lipinski definition) is 1. The second kappa shape index (κ2) is 6.50. The van der Waals surface area contributed by atoms with Crippen LogP contribution in [-0.4, -0.2) is 33.7 Å². The molecule has 0 radical (unpaired) electrons. The van der Waals surface area contributed by atoms with Gasteiger partial charge in [0.25, 0.3) is 0 Å². The monoisotopic (exact) mass is 316 g/mol. The molecule has 2 aromatic rings. The Morgan fingerprint density at radius 3 is 2.91 bits per heavy atom. The molecule has 1 amide bonds. The van der Waals surface area contributed by atoms with E-state index in [-0.39, 0.29) is 23.8 Å². The van der Waals surface area contributed by atoms with Crippen LogP contribution in [0, 0.1) is 5.82 Å². The molecular formula is C17H21FN4O. The third kappa shape index (κ3) is 3.42. The second-order valence-corrected chi connectivity index (χ2v) is 6.00. The maximum absolute atomic E-state index is 14.0. The zero-order valence-electron chi connectivity index (χ0n) is 13.4. The number of aromatic nitrogens is 2. The fourth-order valence-corrected chi connectivity index (χ4v) is 3.13. The van der Waals surface area contributed by atoms with E-state index in [1.165, 1.54) is 13.0 Å². The first-order chi connectivity index (χ1) is 11.0. The molecule has 2 atom stereocenters. The maximum Gasteiger partial charge on any atom is 0.222 e. The van der Waals surface area contributed by atoms with E-state index in [4.69, 9.17) is 0 Å². The van der Waals surface area contributed by atoms with E-state index in [0.29, 0.717) is 5.82 Å². The zero-order valence-corrected chi connectivity index (χ0v) is 13.4. The third-order valence-electron chi connectivity index (χ3n) is 4.38. The van der Waals surface area contributed by atoms with Gasteiger partial charge >= 0.3 is 0 Å². The summed E-state index contributed by atoms with van der Waals surface area (Å²) < 4.78 is 15.8. The van der Waals surface area contributed by atoms with Crippen molar-refractivity contribution in [3.63, 3.8) is 0 Å². The standard InChI is InChI=1S/C17H21FN4O/c1-12(15-5-3-4-6-16(15)18)21-9-7-14(11-21)22-10-8-17(20-22)19-13(2)23/h3-6,8,10,12,14H,7,9,11H2,1-2H3,(H,19,20,23)/t12-,14-/m1/s1.